The Balaban J connectivity index is 2.91. The summed E-state index contributed by atoms with van der Waals surface area (Å²) in [6.07, 6.45) is 3.64. The average Bonchev–Trinajstić information content (AvgIpc) is 2.30. The van der Waals surface area contributed by atoms with E-state index in [2.05, 4.69) is 11.1 Å². The lowest BCUT2D eigenvalue weighted by atomic mass is 10.1. The van der Waals surface area contributed by atoms with Crippen LogP contribution in [0.25, 0.3) is 0 Å². The Morgan fingerprint density at radius 3 is 2.93 bits per heavy atom. The van der Waals surface area contributed by atoms with Crippen molar-refractivity contribution in [3.8, 4) is 6.07 Å². The van der Waals surface area contributed by atoms with Crippen LogP contribution in [0.3, 0.4) is 0 Å². The second-order valence-corrected chi connectivity index (χ2v) is 3.18. The third-order valence-electron chi connectivity index (χ3n) is 2.21. The molecule has 0 bridgehead atoms. The van der Waals surface area contributed by atoms with E-state index in [-0.39, 0.29) is 5.91 Å². The fraction of sp³-hybridized carbons (Fsp3) is 0.364. The Kier molecular flexibility index (Phi) is 3.81. The zero-order chi connectivity index (χ0) is 11.3. The highest BCUT2D eigenvalue weighted by Crippen LogP contribution is 2.17. The van der Waals surface area contributed by atoms with Crippen molar-refractivity contribution in [3.63, 3.8) is 0 Å². The molecule has 0 aliphatic carbocycles. The first-order valence-corrected chi connectivity index (χ1v) is 4.76. The van der Waals surface area contributed by atoms with Gasteiger partial charge in [0.25, 0.3) is 0 Å². The van der Waals surface area contributed by atoms with Crippen LogP contribution in [0.5, 0.6) is 0 Å². The summed E-state index contributed by atoms with van der Waals surface area (Å²) >= 11 is 0. The highest BCUT2D eigenvalue weighted by Gasteiger charge is 2.19. The molecule has 1 unspecified atom stereocenters. The molecule has 1 aromatic heterocycles. The van der Waals surface area contributed by atoms with Crippen LogP contribution >= 0.6 is 0 Å². The molecular formula is C11H13N3O. The molecule has 1 amide bonds. The SMILES string of the molecule is CCC(=O)N(C)C(C#N)c1cccnc1. The van der Waals surface area contributed by atoms with Gasteiger partial charge in [-0.2, -0.15) is 5.26 Å². The third-order valence-corrected chi connectivity index (χ3v) is 2.21. The standard InChI is InChI=1S/C11H13N3O/c1-3-11(15)14(2)10(7-12)9-5-4-6-13-8-9/h4-6,8,10H,3H2,1-2H3. The summed E-state index contributed by atoms with van der Waals surface area (Å²) in [6, 6.07) is 5.09. The molecule has 78 valence electrons. The van der Waals surface area contributed by atoms with Crippen molar-refractivity contribution in [2.75, 3.05) is 7.05 Å². The van der Waals surface area contributed by atoms with Crippen LogP contribution < -0.4 is 0 Å². The van der Waals surface area contributed by atoms with Gasteiger partial charge < -0.3 is 4.90 Å². The first-order chi connectivity index (χ1) is 7.20. The van der Waals surface area contributed by atoms with Crippen LogP contribution in [0.4, 0.5) is 0 Å². The number of rotatable bonds is 3. The summed E-state index contributed by atoms with van der Waals surface area (Å²) in [5.74, 6) is -0.0506. The summed E-state index contributed by atoms with van der Waals surface area (Å²) < 4.78 is 0. The fourth-order valence-electron chi connectivity index (χ4n) is 1.32. The Morgan fingerprint density at radius 2 is 2.47 bits per heavy atom. The van der Waals surface area contributed by atoms with Gasteiger partial charge in [0.15, 0.2) is 0 Å². The number of carbonyl (C=O) groups is 1. The normalized spacial score (nSPS) is 11.5. The molecule has 0 saturated heterocycles. The maximum atomic E-state index is 11.4. The van der Waals surface area contributed by atoms with E-state index in [0.29, 0.717) is 6.42 Å². The maximum Gasteiger partial charge on any atom is 0.223 e. The van der Waals surface area contributed by atoms with Crippen molar-refractivity contribution in [1.82, 2.24) is 9.88 Å². The molecule has 0 N–H and O–H groups in total. The molecule has 0 fully saturated rings. The van der Waals surface area contributed by atoms with Gasteiger partial charge in [-0.25, -0.2) is 0 Å². The number of aromatic nitrogens is 1. The first kappa shape index (κ1) is 11.2. The van der Waals surface area contributed by atoms with Crippen molar-refractivity contribution in [2.45, 2.75) is 19.4 Å². The summed E-state index contributed by atoms with van der Waals surface area (Å²) in [6.45, 7) is 1.77. The summed E-state index contributed by atoms with van der Waals surface area (Å²) in [7, 11) is 1.63. The van der Waals surface area contributed by atoms with Crippen molar-refractivity contribution < 1.29 is 4.79 Å². The van der Waals surface area contributed by atoms with E-state index in [9.17, 15) is 4.79 Å². The largest absolute Gasteiger partial charge is 0.326 e. The van der Waals surface area contributed by atoms with E-state index in [1.165, 1.54) is 4.90 Å². The fourth-order valence-corrected chi connectivity index (χ4v) is 1.32. The zero-order valence-electron chi connectivity index (χ0n) is 8.84. The van der Waals surface area contributed by atoms with Gasteiger partial charge in [-0.05, 0) is 6.07 Å². The number of nitriles is 1. The minimum absolute atomic E-state index is 0.0506. The van der Waals surface area contributed by atoms with E-state index in [1.54, 1.807) is 38.5 Å². The third kappa shape index (κ3) is 2.53. The molecule has 1 heterocycles. The predicted octanol–water partition coefficient (Wildman–Crippen LogP) is 1.51. The summed E-state index contributed by atoms with van der Waals surface area (Å²) in [5, 5.41) is 9.02. The van der Waals surface area contributed by atoms with E-state index < -0.39 is 6.04 Å². The van der Waals surface area contributed by atoms with Gasteiger partial charge in [-0.1, -0.05) is 13.0 Å². The minimum atomic E-state index is -0.550. The van der Waals surface area contributed by atoms with Crippen molar-refractivity contribution in [1.29, 1.82) is 5.26 Å². The topological polar surface area (TPSA) is 57.0 Å². The molecule has 4 heteroatoms. The van der Waals surface area contributed by atoms with E-state index in [4.69, 9.17) is 5.26 Å². The quantitative estimate of drug-likeness (QED) is 0.748. The first-order valence-electron chi connectivity index (χ1n) is 4.76. The van der Waals surface area contributed by atoms with Crippen LogP contribution in [-0.4, -0.2) is 22.8 Å². The molecular weight excluding hydrogens is 190 g/mol. The maximum absolute atomic E-state index is 11.4. The average molecular weight is 203 g/mol. The molecule has 0 aliphatic heterocycles. The van der Waals surface area contributed by atoms with Gasteiger partial charge >= 0.3 is 0 Å². The van der Waals surface area contributed by atoms with Crippen LogP contribution in [0.1, 0.15) is 24.9 Å². The van der Waals surface area contributed by atoms with Gasteiger partial charge in [0.05, 0.1) is 6.07 Å². The minimum Gasteiger partial charge on any atom is -0.326 e. The highest BCUT2D eigenvalue weighted by molar-refractivity contribution is 5.76. The molecule has 0 aliphatic rings. The molecule has 1 aromatic rings. The Labute approximate surface area is 89.2 Å². The Hall–Kier alpha value is -1.89. The lowest BCUT2D eigenvalue weighted by Gasteiger charge is -2.22. The van der Waals surface area contributed by atoms with Crippen LogP contribution in [-0.2, 0) is 4.79 Å². The molecule has 1 rings (SSSR count). The Bertz CT molecular complexity index is 369. The van der Waals surface area contributed by atoms with Crippen LogP contribution in [0.15, 0.2) is 24.5 Å². The molecule has 0 radical (unpaired) electrons. The van der Waals surface area contributed by atoms with Crippen LogP contribution in [0, 0.1) is 11.3 Å². The Morgan fingerprint density at radius 1 is 1.73 bits per heavy atom. The lowest BCUT2D eigenvalue weighted by Crippen LogP contribution is -2.29. The van der Waals surface area contributed by atoms with Crippen LogP contribution in [0.2, 0.25) is 0 Å². The summed E-state index contributed by atoms with van der Waals surface area (Å²) in [5.41, 5.74) is 0.740. The zero-order valence-corrected chi connectivity index (χ0v) is 8.84. The molecule has 0 aromatic carbocycles. The molecule has 4 nitrogen and oxygen atoms in total. The predicted molar refractivity (Wildman–Crippen MR) is 55.7 cm³/mol. The van der Waals surface area contributed by atoms with Gasteiger partial charge in [0.1, 0.15) is 6.04 Å². The smallest absolute Gasteiger partial charge is 0.223 e. The van der Waals surface area contributed by atoms with Gasteiger partial charge in [0, 0.05) is 31.4 Å². The molecule has 15 heavy (non-hydrogen) atoms. The van der Waals surface area contributed by atoms with Crippen molar-refractivity contribution in [2.24, 2.45) is 0 Å². The second kappa shape index (κ2) is 5.11. The van der Waals surface area contributed by atoms with Crippen molar-refractivity contribution >= 4 is 5.91 Å². The highest BCUT2D eigenvalue weighted by atomic mass is 16.2. The van der Waals surface area contributed by atoms with E-state index in [1.807, 2.05) is 0 Å². The number of hydrogen-bond acceptors (Lipinski definition) is 3. The monoisotopic (exact) mass is 203 g/mol. The number of nitrogens with zero attached hydrogens (tertiary/aromatic N) is 3. The van der Waals surface area contributed by atoms with Gasteiger partial charge in [-0.3, -0.25) is 9.78 Å². The molecule has 1 atom stereocenters. The number of amides is 1. The molecule has 0 spiro atoms. The second-order valence-electron chi connectivity index (χ2n) is 3.18. The number of pyridine rings is 1. The van der Waals surface area contributed by atoms with E-state index >= 15 is 0 Å². The van der Waals surface area contributed by atoms with Gasteiger partial charge in [-0.15, -0.1) is 0 Å². The molecule has 0 saturated carbocycles. The van der Waals surface area contributed by atoms with E-state index in [0.717, 1.165) is 5.56 Å². The lowest BCUT2D eigenvalue weighted by molar-refractivity contribution is -0.130. The summed E-state index contributed by atoms with van der Waals surface area (Å²) in [4.78, 5) is 16.8. The number of carbonyl (C=O) groups excluding carboxylic acids is 1. The number of hydrogen-bond donors (Lipinski definition) is 0. The van der Waals surface area contributed by atoms with Gasteiger partial charge in [0.2, 0.25) is 5.91 Å². The van der Waals surface area contributed by atoms with Crippen molar-refractivity contribution in [3.05, 3.63) is 30.1 Å².